The van der Waals surface area contributed by atoms with Gasteiger partial charge in [0.15, 0.2) is 10.9 Å². The molecule has 1 aromatic carbocycles. The van der Waals surface area contributed by atoms with Crippen LogP contribution in [0.2, 0.25) is 0 Å². The number of hydrogen-bond acceptors (Lipinski definition) is 9. The highest BCUT2D eigenvalue weighted by Gasteiger charge is 2.20. The summed E-state index contributed by atoms with van der Waals surface area (Å²) in [5, 5.41) is 11.6. The normalized spacial score (nSPS) is 10.8. The SMILES string of the molecule is COC(=O)c1cc(NC(=O)CSc2nnc(-c3ccco3)n2C(C)C)cc(C(=O)OC)c1. The highest BCUT2D eigenvalue weighted by Crippen LogP contribution is 2.28. The van der Waals surface area contributed by atoms with Gasteiger partial charge in [-0.3, -0.25) is 9.36 Å². The Kier molecular flexibility index (Phi) is 7.31. The van der Waals surface area contributed by atoms with E-state index in [0.29, 0.717) is 16.7 Å². The molecule has 0 aliphatic heterocycles. The minimum absolute atomic E-state index is 0.0268. The van der Waals surface area contributed by atoms with Crippen LogP contribution in [0.3, 0.4) is 0 Å². The average molecular weight is 458 g/mol. The highest BCUT2D eigenvalue weighted by molar-refractivity contribution is 7.99. The number of hydrogen-bond donors (Lipinski definition) is 1. The number of aromatic nitrogens is 3. The van der Waals surface area contributed by atoms with E-state index in [4.69, 9.17) is 13.9 Å². The monoisotopic (exact) mass is 458 g/mol. The third-order valence-corrected chi connectivity index (χ3v) is 5.26. The standard InChI is InChI=1S/C21H22N4O6S/c1-12(2)25-18(16-6-5-7-31-16)23-24-21(25)32-11-17(26)22-15-9-13(19(27)29-3)8-14(10-15)20(28)30-4/h5-10,12H,11H2,1-4H3,(H,22,26). The van der Waals surface area contributed by atoms with Crippen LogP contribution in [-0.2, 0) is 14.3 Å². The molecule has 0 spiro atoms. The van der Waals surface area contributed by atoms with Crippen molar-refractivity contribution >= 4 is 35.3 Å². The maximum absolute atomic E-state index is 12.6. The van der Waals surface area contributed by atoms with Gasteiger partial charge in [0.25, 0.3) is 0 Å². The first-order valence-corrected chi connectivity index (χ1v) is 10.6. The van der Waals surface area contributed by atoms with Crippen molar-refractivity contribution in [3.05, 3.63) is 47.7 Å². The number of thioether (sulfide) groups is 1. The summed E-state index contributed by atoms with van der Waals surface area (Å²) in [5.74, 6) is -0.462. The molecule has 1 N–H and O–H groups in total. The number of esters is 2. The van der Waals surface area contributed by atoms with E-state index >= 15 is 0 Å². The van der Waals surface area contributed by atoms with Crippen LogP contribution in [0.15, 0.2) is 46.2 Å². The van der Waals surface area contributed by atoms with Gasteiger partial charge in [-0.2, -0.15) is 0 Å². The first-order valence-electron chi connectivity index (χ1n) is 9.57. The van der Waals surface area contributed by atoms with Gasteiger partial charge in [0.05, 0.1) is 37.4 Å². The smallest absolute Gasteiger partial charge is 0.337 e. The summed E-state index contributed by atoms with van der Waals surface area (Å²) >= 11 is 1.20. The lowest BCUT2D eigenvalue weighted by Gasteiger charge is -2.13. The molecule has 0 bridgehead atoms. The Hall–Kier alpha value is -3.60. The van der Waals surface area contributed by atoms with Gasteiger partial charge >= 0.3 is 11.9 Å². The number of nitrogens with zero attached hydrogens (tertiary/aromatic N) is 3. The minimum Gasteiger partial charge on any atom is -0.465 e. The first-order chi connectivity index (χ1) is 15.3. The number of methoxy groups -OCH3 is 2. The van der Waals surface area contributed by atoms with Gasteiger partial charge in [-0.15, -0.1) is 10.2 Å². The van der Waals surface area contributed by atoms with Gasteiger partial charge in [-0.1, -0.05) is 11.8 Å². The molecule has 32 heavy (non-hydrogen) atoms. The Morgan fingerprint density at radius 3 is 2.28 bits per heavy atom. The number of ether oxygens (including phenoxy) is 2. The van der Waals surface area contributed by atoms with Crippen LogP contribution < -0.4 is 5.32 Å². The van der Waals surface area contributed by atoms with E-state index in [1.807, 2.05) is 18.4 Å². The van der Waals surface area contributed by atoms with Gasteiger partial charge in [-0.05, 0) is 44.2 Å². The van der Waals surface area contributed by atoms with E-state index in [0.717, 1.165) is 0 Å². The maximum atomic E-state index is 12.6. The number of benzene rings is 1. The molecule has 3 aromatic rings. The van der Waals surface area contributed by atoms with E-state index < -0.39 is 11.9 Å². The van der Waals surface area contributed by atoms with Crippen molar-refractivity contribution in [1.82, 2.24) is 14.8 Å². The number of carbonyl (C=O) groups is 3. The third kappa shape index (κ3) is 5.17. The molecule has 10 nitrogen and oxygen atoms in total. The lowest BCUT2D eigenvalue weighted by atomic mass is 10.1. The molecule has 168 valence electrons. The topological polar surface area (TPSA) is 126 Å². The number of anilines is 1. The van der Waals surface area contributed by atoms with Crippen LogP contribution in [0.1, 0.15) is 40.6 Å². The molecular formula is C21H22N4O6S. The van der Waals surface area contributed by atoms with Crippen molar-refractivity contribution in [2.24, 2.45) is 0 Å². The number of nitrogens with one attached hydrogen (secondary N) is 1. The van der Waals surface area contributed by atoms with E-state index in [2.05, 4.69) is 15.5 Å². The second kappa shape index (κ2) is 10.1. The summed E-state index contributed by atoms with van der Waals surface area (Å²) in [5.41, 5.74) is 0.488. The maximum Gasteiger partial charge on any atom is 0.337 e. The molecule has 1 amide bonds. The van der Waals surface area contributed by atoms with Crippen LogP contribution in [0, 0.1) is 0 Å². The molecule has 2 heterocycles. The Morgan fingerprint density at radius 1 is 1.09 bits per heavy atom. The molecule has 0 aliphatic carbocycles. The molecule has 0 unspecified atom stereocenters. The van der Waals surface area contributed by atoms with Gasteiger partial charge in [0.1, 0.15) is 0 Å². The Labute approximate surface area is 188 Å². The fourth-order valence-electron chi connectivity index (χ4n) is 2.91. The molecule has 0 aliphatic rings. The van der Waals surface area contributed by atoms with Crippen molar-refractivity contribution in [3.8, 4) is 11.6 Å². The molecule has 0 saturated carbocycles. The minimum atomic E-state index is -0.642. The molecule has 2 aromatic heterocycles. The summed E-state index contributed by atoms with van der Waals surface area (Å²) in [6.07, 6.45) is 1.56. The summed E-state index contributed by atoms with van der Waals surface area (Å²) < 4.78 is 16.7. The summed E-state index contributed by atoms with van der Waals surface area (Å²) in [6, 6.07) is 7.77. The van der Waals surface area contributed by atoms with Crippen molar-refractivity contribution < 1.29 is 28.3 Å². The van der Waals surface area contributed by atoms with Crippen LogP contribution in [-0.4, -0.2) is 52.6 Å². The Morgan fingerprint density at radius 2 is 1.75 bits per heavy atom. The first kappa shape index (κ1) is 23.1. The lowest BCUT2D eigenvalue weighted by molar-refractivity contribution is -0.113. The Bertz CT molecular complexity index is 1090. The van der Waals surface area contributed by atoms with E-state index in [-0.39, 0.29) is 34.5 Å². The van der Waals surface area contributed by atoms with Crippen molar-refractivity contribution in [1.29, 1.82) is 0 Å². The predicted molar refractivity (Wildman–Crippen MR) is 117 cm³/mol. The van der Waals surface area contributed by atoms with E-state index in [1.165, 1.54) is 44.2 Å². The van der Waals surface area contributed by atoms with Gasteiger partial charge < -0.3 is 19.2 Å². The second-order valence-corrected chi connectivity index (χ2v) is 7.81. The molecule has 3 rings (SSSR count). The number of amides is 1. The van der Waals surface area contributed by atoms with Gasteiger partial charge in [0.2, 0.25) is 11.7 Å². The number of rotatable bonds is 8. The zero-order chi connectivity index (χ0) is 23.3. The molecule has 0 saturated heterocycles. The number of furan rings is 1. The molecule has 0 atom stereocenters. The van der Waals surface area contributed by atoms with E-state index in [9.17, 15) is 14.4 Å². The van der Waals surface area contributed by atoms with Crippen molar-refractivity contribution in [3.63, 3.8) is 0 Å². The lowest BCUT2D eigenvalue weighted by Crippen LogP contribution is -2.16. The van der Waals surface area contributed by atoms with Crippen molar-refractivity contribution in [2.45, 2.75) is 25.0 Å². The van der Waals surface area contributed by atoms with Crippen LogP contribution in [0.5, 0.6) is 0 Å². The van der Waals surface area contributed by atoms with Crippen LogP contribution in [0.25, 0.3) is 11.6 Å². The highest BCUT2D eigenvalue weighted by atomic mass is 32.2. The summed E-state index contributed by atoms with van der Waals surface area (Å²) in [6.45, 7) is 3.96. The number of carbonyl (C=O) groups excluding carboxylic acids is 3. The summed E-state index contributed by atoms with van der Waals surface area (Å²) in [7, 11) is 2.45. The van der Waals surface area contributed by atoms with E-state index in [1.54, 1.807) is 18.4 Å². The Balaban J connectivity index is 1.75. The molecule has 11 heteroatoms. The average Bonchev–Trinajstić information content (AvgIpc) is 3.45. The third-order valence-electron chi connectivity index (χ3n) is 4.31. The molecule has 0 fully saturated rings. The predicted octanol–water partition coefficient (Wildman–Crippen LogP) is 3.42. The molecule has 0 radical (unpaired) electrons. The van der Waals surface area contributed by atoms with Gasteiger partial charge in [0, 0.05) is 11.7 Å². The second-order valence-electron chi connectivity index (χ2n) is 6.87. The van der Waals surface area contributed by atoms with Crippen LogP contribution >= 0.6 is 11.8 Å². The molecular weight excluding hydrogens is 436 g/mol. The fraction of sp³-hybridized carbons (Fsp3) is 0.286. The quantitative estimate of drug-likeness (QED) is 0.399. The summed E-state index contributed by atoms with van der Waals surface area (Å²) in [4.78, 5) is 36.4. The van der Waals surface area contributed by atoms with Gasteiger partial charge in [-0.25, -0.2) is 9.59 Å². The fourth-order valence-corrected chi connectivity index (χ4v) is 3.78. The van der Waals surface area contributed by atoms with Crippen molar-refractivity contribution in [2.75, 3.05) is 25.3 Å². The zero-order valence-electron chi connectivity index (χ0n) is 17.9. The largest absolute Gasteiger partial charge is 0.465 e. The zero-order valence-corrected chi connectivity index (χ0v) is 18.8. The van der Waals surface area contributed by atoms with Crippen LogP contribution in [0.4, 0.5) is 5.69 Å².